The molecule has 0 saturated heterocycles. The molecule has 0 saturated carbocycles. The van der Waals surface area contributed by atoms with Crippen LogP contribution in [0.5, 0.6) is 0 Å². The molecule has 0 spiro atoms. The topological polar surface area (TPSA) is 64.3 Å². The number of halogens is 1. The maximum absolute atomic E-state index is 11.5. The molecule has 0 aliphatic rings. The van der Waals surface area contributed by atoms with Gasteiger partial charge in [0, 0.05) is 24.4 Å². The molecule has 3 N–H and O–H groups in total. The molecular formula is C11H17ClN2O2. The standard InChI is InChI=1S/C11H16N2O2.ClH/c1-2-15-8-7-13-11(14)9-3-5-10(12)6-4-9;/h3-6H,2,7-8,12H2,1H3,(H,13,14);1H. The van der Waals surface area contributed by atoms with Crippen LogP contribution in [0.4, 0.5) is 5.69 Å². The molecule has 0 aliphatic carbocycles. The maximum Gasteiger partial charge on any atom is 0.251 e. The van der Waals surface area contributed by atoms with Crippen LogP contribution in [0.2, 0.25) is 0 Å². The quantitative estimate of drug-likeness (QED) is 0.609. The number of ether oxygens (including phenoxy) is 1. The van der Waals surface area contributed by atoms with Gasteiger partial charge >= 0.3 is 0 Å². The van der Waals surface area contributed by atoms with Crippen molar-refractivity contribution in [3.63, 3.8) is 0 Å². The molecule has 1 rings (SSSR count). The van der Waals surface area contributed by atoms with Crippen molar-refractivity contribution in [1.82, 2.24) is 5.32 Å². The molecule has 0 atom stereocenters. The van der Waals surface area contributed by atoms with Gasteiger partial charge in [-0.2, -0.15) is 0 Å². The molecule has 0 heterocycles. The van der Waals surface area contributed by atoms with Gasteiger partial charge in [0.05, 0.1) is 6.61 Å². The van der Waals surface area contributed by atoms with E-state index in [0.717, 1.165) is 0 Å². The van der Waals surface area contributed by atoms with Crippen LogP contribution in [0.1, 0.15) is 17.3 Å². The second kappa shape index (κ2) is 7.96. The number of rotatable bonds is 5. The van der Waals surface area contributed by atoms with E-state index in [1.807, 2.05) is 6.92 Å². The van der Waals surface area contributed by atoms with Crippen LogP contribution in [0, 0.1) is 0 Å². The second-order valence-electron chi connectivity index (χ2n) is 3.07. The van der Waals surface area contributed by atoms with Crippen LogP contribution >= 0.6 is 12.4 Å². The van der Waals surface area contributed by atoms with Gasteiger partial charge in [0.25, 0.3) is 5.91 Å². The SMILES string of the molecule is CCOCCNC(=O)c1ccc(N)cc1.Cl. The average molecular weight is 245 g/mol. The van der Waals surface area contributed by atoms with Crippen molar-refractivity contribution in [1.29, 1.82) is 0 Å². The first-order valence-electron chi connectivity index (χ1n) is 4.95. The second-order valence-corrected chi connectivity index (χ2v) is 3.07. The van der Waals surface area contributed by atoms with Crippen LogP contribution < -0.4 is 11.1 Å². The Morgan fingerprint density at radius 2 is 2.00 bits per heavy atom. The Morgan fingerprint density at radius 1 is 1.38 bits per heavy atom. The van der Waals surface area contributed by atoms with Crippen LogP contribution in [-0.4, -0.2) is 25.7 Å². The maximum atomic E-state index is 11.5. The van der Waals surface area contributed by atoms with E-state index in [2.05, 4.69) is 5.32 Å². The van der Waals surface area contributed by atoms with Gasteiger partial charge in [-0.15, -0.1) is 12.4 Å². The van der Waals surface area contributed by atoms with E-state index in [0.29, 0.717) is 31.0 Å². The highest BCUT2D eigenvalue weighted by Gasteiger charge is 2.03. The summed E-state index contributed by atoms with van der Waals surface area (Å²) in [7, 11) is 0. The van der Waals surface area contributed by atoms with Gasteiger partial charge in [-0.1, -0.05) is 0 Å². The largest absolute Gasteiger partial charge is 0.399 e. The van der Waals surface area contributed by atoms with Gasteiger partial charge < -0.3 is 15.8 Å². The van der Waals surface area contributed by atoms with Crippen molar-refractivity contribution >= 4 is 24.0 Å². The fourth-order valence-electron chi connectivity index (χ4n) is 1.12. The lowest BCUT2D eigenvalue weighted by atomic mass is 10.2. The number of nitrogens with one attached hydrogen (secondary N) is 1. The highest BCUT2D eigenvalue weighted by atomic mass is 35.5. The zero-order chi connectivity index (χ0) is 11.1. The van der Waals surface area contributed by atoms with E-state index in [4.69, 9.17) is 10.5 Å². The summed E-state index contributed by atoms with van der Waals surface area (Å²) < 4.78 is 5.10. The third-order valence-electron chi connectivity index (χ3n) is 1.91. The van der Waals surface area contributed by atoms with Gasteiger partial charge in [-0.25, -0.2) is 0 Å². The summed E-state index contributed by atoms with van der Waals surface area (Å²) in [5, 5.41) is 2.75. The molecule has 1 aromatic carbocycles. The molecule has 4 nitrogen and oxygen atoms in total. The lowest BCUT2D eigenvalue weighted by molar-refractivity contribution is 0.0922. The molecule has 0 radical (unpaired) electrons. The number of amides is 1. The fourth-order valence-corrected chi connectivity index (χ4v) is 1.12. The van der Waals surface area contributed by atoms with Crippen LogP contribution in [0.25, 0.3) is 0 Å². The van der Waals surface area contributed by atoms with Crippen molar-refractivity contribution in [3.8, 4) is 0 Å². The number of benzene rings is 1. The number of nitrogens with two attached hydrogens (primary N) is 1. The molecule has 0 aromatic heterocycles. The van der Waals surface area contributed by atoms with Crippen molar-refractivity contribution in [3.05, 3.63) is 29.8 Å². The molecule has 1 aromatic rings. The molecule has 1 amide bonds. The van der Waals surface area contributed by atoms with E-state index in [-0.39, 0.29) is 18.3 Å². The minimum atomic E-state index is -0.102. The van der Waals surface area contributed by atoms with E-state index >= 15 is 0 Å². The zero-order valence-corrected chi connectivity index (χ0v) is 10.0. The molecule has 0 unspecified atom stereocenters. The first-order valence-corrected chi connectivity index (χ1v) is 4.95. The van der Waals surface area contributed by atoms with Gasteiger partial charge in [0.15, 0.2) is 0 Å². The van der Waals surface area contributed by atoms with Crippen molar-refractivity contribution in [2.24, 2.45) is 0 Å². The Morgan fingerprint density at radius 3 is 2.56 bits per heavy atom. The molecule has 0 fully saturated rings. The van der Waals surface area contributed by atoms with E-state index < -0.39 is 0 Å². The molecule has 0 aliphatic heterocycles. The van der Waals surface area contributed by atoms with Crippen LogP contribution in [0.15, 0.2) is 24.3 Å². The Balaban J connectivity index is 0.00000225. The number of hydrogen-bond acceptors (Lipinski definition) is 3. The van der Waals surface area contributed by atoms with E-state index in [1.54, 1.807) is 24.3 Å². The highest BCUT2D eigenvalue weighted by molar-refractivity contribution is 5.94. The van der Waals surface area contributed by atoms with Crippen molar-refractivity contribution in [2.45, 2.75) is 6.92 Å². The third-order valence-corrected chi connectivity index (χ3v) is 1.91. The lowest BCUT2D eigenvalue weighted by Gasteiger charge is -2.05. The average Bonchev–Trinajstić information content (AvgIpc) is 2.25. The number of hydrogen-bond donors (Lipinski definition) is 2. The predicted octanol–water partition coefficient (Wildman–Crippen LogP) is 1.46. The fraction of sp³-hybridized carbons (Fsp3) is 0.364. The first-order chi connectivity index (χ1) is 7.24. The van der Waals surface area contributed by atoms with Crippen molar-refractivity contribution in [2.75, 3.05) is 25.5 Å². The molecular weight excluding hydrogens is 228 g/mol. The van der Waals surface area contributed by atoms with Gasteiger partial charge in [-0.3, -0.25) is 4.79 Å². The predicted molar refractivity (Wildman–Crippen MR) is 66.9 cm³/mol. The normalized spacial score (nSPS) is 9.31. The molecule has 5 heteroatoms. The summed E-state index contributed by atoms with van der Waals surface area (Å²) in [6.07, 6.45) is 0. The summed E-state index contributed by atoms with van der Waals surface area (Å²) in [5.41, 5.74) is 6.78. The third kappa shape index (κ3) is 5.00. The van der Waals surface area contributed by atoms with Gasteiger partial charge in [-0.05, 0) is 31.2 Å². The van der Waals surface area contributed by atoms with E-state index in [1.165, 1.54) is 0 Å². The lowest BCUT2D eigenvalue weighted by Crippen LogP contribution is -2.27. The monoisotopic (exact) mass is 244 g/mol. The molecule has 0 bridgehead atoms. The zero-order valence-electron chi connectivity index (χ0n) is 9.23. The summed E-state index contributed by atoms with van der Waals surface area (Å²) >= 11 is 0. The first kappa shape index (κ1) is 14.7. The highest BCUT2D eigenvalue weighted by Crippen LogP contribution is 2.04. The Bertz CT molecular complexity index is 314. The van der Waals surface area contributed by atoms with Crippen LogP contribution in [0.3, 0.4) is 0 Å². The summed E-state index contributed by atoms with van der Waals surface area (Å²) in [5.74, 6) is -0.102. The summed E-state index contributed by atoms with van der Waals surface area (Å²) in [6.45, 7) is 3.65. The van der Waals surface area contributed by atoms with Gasteiger partial charge in [0.1, 0.15) is 0 Å². The minimum Gasteiger partial charge on any atom is -0.399 e. The number of anilines is 1. The number of nitrogen functional groups attached to an aromatic ring is 1. The number of carbonyl (C=O) groups is 1. The smallest absolute Gasteiger partial charge is 0.251 e. The van der Waals surface area contributed by atoms with Crippen LogP contribution in [-0.2, 0) is 4.74 Å². The molecule has 16 heavy (non-hydrogen) atoms. The van der Waals surface area contributed by atoms with E-state index in [9.17, 15) is 4.79 Å². The Labute approximate surface area is 102 Å². The Hall–Kier alpha value is -1.26. The minimum absolute atomic E-state index is 0. The molecule has 90 valence electrons. The Kier molecular flexibility index (Phi) is 7.33. The van der Waals surface area contributed by atoms with Crippen molar-refractivity contribution < 1.29 is 9.53 Å². The summed E-state index contributed by atoms with van der Waals surface area (Å²) in [6, 6.07) is 6.81. The number of carbonyl (C=O) groups excluding carboxylic acids is 1. The van der Waals surface area contributed by atoms with Gasteiger partial charge in [0.2, 0.25) is 0 Å². The summed E-state index contributed by atoms with van der Waals surface area (Å²) in [4.78, 5) is 11.5.